The van der Waals surface area contributed by atoms with Gasteiger partial charge in [0.25, 0.3) is 0 Å². The van der Waals surface area contributed by atoms with Gasteiger partial charge in [0.1, 0.15) is 5.82 Å². The second-order valence-corrected chi connectivity index (χ2v) is 4.87. The van der Waals surface area contributed by atoms with Crippen LogP contribution >= 0.6 is 0 Å². The lowest BCUT2D eigenvalue weighted by Gasteiger charge is -2.16. The number of rotatable bonds is 2. The first-order valence-electron chi connectivity index (χ1n) is 6.52. The first kappa shape index (κ1) is 13.4. The number of anilines is 1. The number of amides is 2. The van der Waals surface area contributed by atoms with Crippen molar-refractivity contribution in [3.8, 4) is 0 Å². The quantitative estimate of drug-likeness (QED) is 0.794. The average Bonchev–Trinajstić information content (AvgIpc) is 3.10. The Kier molecular flexibility index (Phi) is 3.48. The third kappa shape index (κ3) is 2.82. The van der Waals surface area contributed by atoms with Gasteiger partial charge in [-0.2, -0.15) is 0 Å². The van der Waals surface area contributed by atoms with E-state index in [4.69, 9.17) is 0 Å². The Morgan fingerprint density at radius 3 is 2.81 bits per heavy atom. The lowest BCUT2D eigenvalue weighted by molar-refractivity contribution is 0.139. The maximum absolute atomic E-state index is 12.2. The summed E-state index contributed by atoms with van der Waals surface area (Å²) in [6.45, 7) is 2.37. The van der Waals surface area contributed by atoms with Crippen molar-refractivity contribution in [1.82, 2.24) is 29.9 Å². The molecule has 0 aromatic carbocycles. The third-order valence-corrected chi connectivity index (χ3v) is 3.36. The maximum atomic E-state index is 12.2. The van der Waals surface area contributed by atoms with E-state index in [2.05, 4.69) is 25.6 Å². The van der Waals surface area contributed by atoms with Gasteiger partial charge < -0.3 is 15.3 Å². The molecular formula is C12H15N7O2. The van der Waals surface area contributed by atoms with Crippen LogP contribution in [0.25, 0.3) is 0 Å². The molecule has 0 unspecified atom stereocenters. The molecule has 3 heterocycles. The van der Waals surface area contributed by atoms with Crippen LogP contribution in [0, 0.1) is 6.92 Å². The smallest absolute Gasteiger partial charge is 0.322 e. The molecule has 0 spiro atoms. The molecule has 2 N–H and O–H groups in total. The van der Waals surface area contributed by atoms with Gasteiger partial charge in [-0.05, 0) is 6.92 Å². The molecule has 0 radical (unpaired) electrons. The number of likely N-dealkylation sites (tertiary alicyclic amines) is 1. The summed E-state index contributed by atoms with van der Waals surface area (Å²) >= 11 is 0. The van der Waals surface area contributed by atoms with Crippen molar-refractivity contribution in [2.24, 2.45) is 0 Å². The van der Waals surface area contributed by atoms with Gasteiger partial charge in [0.05, 0.1) is 43.0 Å². The lowest BCUT2D eigenvalue weighted by atomic mass is 10.2. The molecule has 9 heteroatoms. The summed E-state index contributed by atoms with van der Waals surface area (Å²) in [6, 6.07) is -0.586. The van der Waals surface area contributed by atoms with Gasteiger partial charge in [0, 0.05) is 12.7 Å². The molecule has 2 amide bonds. The van der Waals surface area contributed by atoms with Gasteiger partial charge in [-0.15, -0.1) is 5.10 Å². The highest BCUT2D eigenvalue weighted by Crippen LogP contribution is 2.21. The minimum Gasteiger partial charge on any atom is -0.389 e. The van der Waals surface area contributed by atoms with E-state index in [1.165, 1.54) is 4.90 Å². The molecule has 1 aliphatic rings. The van der Waals surface area contributed by atoms with Crippen molar-refractivity contribution in [2.75, 3.05) is 18.4 Å². The van der Waals surface area contributed by atoms with E-state index in [1.54, 1.807) is 36.4 Å². The fourth-order valence-electron chi connectivity index (χ4n) is 2.25. The van der Waals surface area contributed by atoms with Crippen molar-refractivity contribution < 1.29 is 9.90 Å². The second kappa shape index (κ2) is 5.44. The van der Waals surface area contributed by atoms with Gasteiger partial charge >= 0.3 is 6.03 Å². The summed E-state index contributed by atoms with van der Waals surface area (Å²) < 4.78 is 1.56. The van der Waals surface area contributed by atoms with Crippen LogP contribution in [0.15, 0.2) is 24.8 Å². The average molecular weight is 289 g/mol. The van der Waals surface area contributed by atoms with Gasteiger partial charge in [0.2, 0.25) is 0 Å². The minimum absolute atomic E-state index is 0.239. The number of hydrogen-bond donors (Lipinski definition) is 2. The van der Waals surface area contributed by atoms with Crippen molar-refractivity contribution >= 4 is 11.7 Å². The molecule has 0 saturated carbocycles. The van der Waals surface area contributed by atoms with Crippen molar-refractivity contribution in [3.05, 3.63) is 30.6 Å². The molecule has 21 heavy (non-hydrogen) atoms. The van der Waals surface area contributed by atoms with Crippen molar-refractivity contribution in [3.63, 3.8) is 0 Å². The Bertz CT molecular complexity index is 613. The zero-order chi connectivity index (χ0) is 14.8. The van der Waals surface area contributed by atoms with E-state index in [0.717, 1.165) is 0 Å². The highest BCUT2D eigenvalue weighted by molar-refractivity contribution is 5.89. The van der Waals surface area contributed by atoms with E-state index < -0.39 is 6.10 Å². The Morgan fingerprint density at radius 2 is 2.14 bits per heavy atom. The number of nitrogens with one attached hydrogen (secondary N) is 1. The highest BCUT2D eigenvalue weighted by Gasteiger charge is 2.35. The fraction of sp³-hybridized carbons (Fsp3) is 0.417. The molecule has 1 saturated heterocycles. The van der Waals surface area contributed by atoms with Crippen LogP contribution in [-0.4, -0.2) is 60.2 Å². The van der Waals surface area contributed by atoms with Crippen LogP contribution in [0.1, 0.15) is 11.9 Å². The van der Waals surface area contributed by atoms with E-state index in [9.17, 15) is 9.90 Å². The summed E-state index contributed by atoms with van der Waals surface area (Å²) in [6.07, 6.45) is 5.62. The van der Waals surface area contributed by atoms with Gasteiger partial charge in [-0.1, -0.05) is 5.21 Å². The number of aliphatic hydroxyl groups excluding tert-OH is 1. The summed E-state index contributed by atoms with van der Waals surface area (Å²) in [5.74, 6) is 0.635. The van der Waals surface area contributed by atoms with Crippen molar-refractivity contribution in [1.29, 1.82) is 0 Å². The summed E-state index contributed by atoms with van der Waals surface area (Å²) in [5.41, 5.74) is 0.518. The molecule has 3 rings (SSSR count). The molecule has 2 aromatic rings. The van der Waals surface area contributed by atoms with Crippen LogP contribution in [0.2, 0.25) is 0 Å². The Hall–Kier alpha value is -2.55. The van der Waals surface area contributed by atoms with Gasteiger partial charge in [0.15, 0.2) is 0 Å². The number of aryl methyl sites for hydroxylation is 1. The first-order chi connectivity index (χ1) is 10.1. The first-order valence-corrected chi connectivity index (χ1v) is 6.52. The Balaban J connectivity index is 1.65. The van der Waals surface area contributed by atoms with Crippen LogP contribution in [-0.2, 0) is 0 Å². The summed E-state index contributed by atoms with van der Waals surface area (Å²) in [4.78, 5) is 21.7. The predicted molar refractivity (Wildman–Crippen MR) is 72.4 cm³/mol. The van der Waals surface area contributed by atoms with Crippen LogP contribution in [0.3, 0.4) is 0 Å². The van der Waals surface area contributed by atoms with Gasteiger partial charge in [-0.25, -0.2) is 19.4 Å². The standard InChI is InChI=1S/C12H15N7O2/c1-8-13-4-9(5-14-8)16-12(21)18-6-10(11(20)7-18)19-3-2-15-17-19/h2-5,10-11,20H,6-7H2,1H3,(H,16,21)/t10-,11-/m1/s1. The largest absolute Gasteiger partial charge is 0.389 e. The van der Waals surface area contributed by atoms with E-state index in [-0.39, 0.29) is 18.6 Å². The molecule has 1 aliphatic heterocycles. The number of aliphatic hydroxyl groups is 1. The topological polar surface area (TPSA) is 109 Å². The van der Waals surface area contributed by atoms with Crippen LogP contribution < -0.4 is 5.32 Å². The Morgan fingerprint density at radius 1 is 1.38 bits per heavy atom. The molecule has 2 aromatic heterocycles. The van der Waals surface area contributed by atoms with Crippen LogP contribution in [0.5, 0.6) is 0 Å². The second-order valence-electron chi connectivity index (χ2n) is 4.87. The molecule has 0 bridgehead atoms. The zero-order valence-electron chi connectivity index (χ0n) is 11.4. The fourth-order valence-corrected chi connectivity index (χ4v) is 2.25. The summed E-state index contributed by atoms with van der Waals surface area (Å²) in [5, 5.41) is 20.3. The zero-order valence-corrected chi connectivity index (χ0v) is 11.4. The van der Waals surface area contributed by atoms with E-state index in [0.29, 0.717) is 18.1 Å². The number of aromatic nitrogens is 5. The number of hydrogen-bond acceptors (Lipinski definition) is 6. The normalized spacial score (nSPS) is 21.5. The molecule has 9 nitrogen and oxygen atoms in total. The number of nitrogens with zero attached hydrogens (tertiary/aromatic N) is 6. The summed E-state index contributed by atoms with van der Waals surface area (Å²) in [7, 11) is 0. The van der Waals surface area contributed by atoms with E-state index >= 15 is 0 Å². The highest BCUT2D eigenvalue weighted by atomic mass is 16.3. The lowest BCUT2D eigenvalue weighted by Crippen LogP contribution is -2.33. The molecule has 1 fully saturated rings. The third-order valence-electron chi connectivity index (χ3n) is 3.36. The SMILES string of the molecule is Cc1ncc(NC(=O)N2C[C@@H](O)[C@H](n3ccnn3)C2)cn1. The predicted octanol–water partition coefficient (Wildman–Crippen LogP) is -0.174. The molecule has 2 atom stereocenters. The monoisotopic (exact) mass is 289 g/mol. The van der Waals surface area contributed by atoms with Crippen molar-refractivity contribution in [2.45, 2.75) is 19.1 Å². The van der Waals surface area contributed by atoms with Crippen LogP contribution in [0.4, 0.5) is 10.5 Å². The minimum atomic E-state index is -0.674. The number of carbonyl (C=O) groups is 1. The molecule has 0 aliphatic carbocycles. The number of urea groups is 1. The van der Waals surface area contributed by atoms with E-state index in [1.807, 2.05) is 0 Å². The van der Waals surface area contributed by atoms with Gasteiger partial charge in [-0.3, -0.25) is 0 Å². The number of β-amino-alcohol motifs (C(OH)–C–C–N with tert-alkyl or cyclic N) is 1. The Labute approximate surface area is 120 Å². The molecular weight excluding hydrogens is 274 g/mol. The maximum Gasteiger partial charge on any atom is 0.322 e. The molecule has 110 valence electrons. The number of carbonyl (C=O) groups excluding carboxylic acids is 1.